The lowest BCUT2D eigenvalue weighted by molar-refractivity contribution is 0.0298. The Labute approximate surface area is 187 Å². The molecule has 0 saturated carbocycles. The normalized spacial score (nSPS) is 20.5. The molecule has 0 bridgehead atoms. The monoisotopic (exact) mass is 439 g/mol. The number of rotatable bonds is 4. The molecule has 164 valence electrons. The van der Waals surface area contributed by atoms with Crippen molar-refractivity contribution >= 4 is 23.9 Å². The summed E-state index contributed by atoms with van der Waals surface area (Å²) in [6.45, 7) is 6.02. The van der Waals surface area contributed by atoms with Crippen molar-refractivity contribution in [1.29, 1.82) is 0 Å². The number of aromatic nitrogens is 2. The number of thioether (sulfide) groups is 1. The van der Waals surface area contributed by atoms with E-state index in [-0.39, 0.29) is 5.91 Å². The average molecular weight is 440 g/mol. The summed E-state index contributed by atoms with van der Waals surface area (Å²) in [5.74, 6) is 0.783. The number of ether oxygens (including phenoxy) is 1. The van der Waals surface area contributed by atoms with Crippen LogP contribution in [0.15, 0.2) is 34.7 Å². The van der Waals surface area contributed by atoms with Crippen LogP contribution in [-0.2, 0) is 10.5 Å². The van der Waals surface area contributed by atoms with Crippen LogP contribution in [0.3, 0.4) is 0 Å². The smallest absolute Gasteiger partial charge is 0.274 e. The molecule has 0 radical (unpaired) electrons. The van der Waals surface area contributed by atoms with Crippen molar-refractivity contribution in [1.82, 2.24) is 19.6 Å². The van der Waals surface area contributed by atoms with Gasteiger partial charge in [-0.25, -0.2) is 4.68 Å². The summed E-state index contributed by atoms with van der Waals surface area (Å²) in [6, 6.07) is 8.43. The number of nitrogens with two attached hydrogens (primary N) is 1. The number of carbonyl (C=O) groups is 1. The van der Waals surface area contributed by atoms with Crippen LogP contribution in [0.4, 0.5) is 0 Å². The third kappa shape index (κ3) is 4.17. The van der Waals surface area contributed by atoms with Crippen LogP contribution >= 0.6 is 11.8 Å². The highest BCUT2D eigenvalue weighted by Gasteiger charge is 2.31. The van der Waals surface area contributed by atoms with Crippen molar-refractivity contribution in [3.05, 3.63) is 41.1 Å². The minimum Gasteiger partial charge on any atom is -0.378 e. The Hall–Kier alpha value is -2.13. The first-order valence-corrected chi connectivity index (χ1v) is 12.1. The Balaban J connectivity index is 1.56. The predicted octanol–water partition coefficient (Wildman–Crippen LogP) is 2.52. The number of morpholine rings is 1. The maximum absolute atomic E-state index is 13.4. The standard InChI is InChI=1S/C23H29N5O2S/c24-7-9-26-8-3-4-17(14-26)15-28-22-18-5-1-2-6-20(18)31-16-19(22)21(25-28)23(29)27-10-12-30-13-11-27/h1-2,5-6,15H,3-4,7-14,16,24H2. The van der Waals surface area contributed by atoms with E-state index < -0.39 is 0 Å². The van der Waals surface area contributed by atoms with Crippen molar-refractivity contribution in [2.75, 3.05) is 52.5 Å². The van der Waals surface area contributed by atoms with Gasteiger partial charge in [-0.3, -0.25) is 9.69 Å². The highest BCUT2D eigenvalue weighted by Crippen LogP contribution is 2.43. The summed E-state index contributed by atoms with van der Waals surface area (Å²) < 4.78 is 7.41. The van der Waals surface area contributed by atoms with E-state index in [1.807, 2.05) is 9.58 Å². The highest BCUT2D eigenvalue weighted by molar-refractivity contribution is 7.98. The molecule has 31 heavy (non-hydrogen) atoms. The van der Waals surface area contributed by atoms with Gasteiger partial charge in [0.25, 0.3) is 5.91 Å². The van der Waals surface area contributed by atoms with Gasteiger partial charge in [0, 0.05) is 60.7 Å². The molecule has 2 aromatic rings. The van der Waals surface area contributed by atoms with Gasteiger partial charge in [0.15, 0.2) is 5.69 Å². The second-order valence-corrected chi connectivity index (χ2v) is 9.28. The first-order chi connectivity index (χ1) is 15.2. The summed E-state index contributed by atoms with van der Waals surface area (Å²) in [4.78, 5) is 18.9. The lowest BCUT2D eigenvalue weighted by Crippen LogP contribution is -2.41. The molecule has 8 heteroatoms. The summed E-state index contributed by atoms with van der Waals surface area (Å²) in [6.07, 6.45) is 4.34. The van der Waals surface area contributed by atoms with Crippen LogP contribution < -0.4 is 5.73 Å². The maximum Gasteiger partial charge on any atom is 0.274 e. The summed E-state index contributed by atoms with van der Waals surface area (Å²) in [7, 11) is 0. The number of hydrogen-bond donors (Lipinski definition) is 1. The average Bonchev–Trinajstić information content (AvgIpc) is 3.18. The largest absolute Gasteiger partial charge is 0.378 e. The van der Waals surface area contributed by atoms with Gasteiger partial charge in [0.2, 0.25) is 0 Å². The quantitative estimate of drug-likeness (QED) is 0.789. The molecule has 3 aliphatic heterocycles. The van der Waals surface area contributed by atoms with Gasteiger partial charge < -0.3 is 15.4 Å². The molecule has 2 fully saturated rings. The third-order valence-electron chi connectivity index (χ3n) is 6.17. The van der Waals surface area contributed by atoms with E-state index in [9.17, 15) is 4.79 Å². The highest BCUT2D eigenvalue weighted by atomic mass is 32.2. The van der Waals surface area contributed by atoms with Gasteiger partial charge in [-0.05, 0) is 31.0 Å². The van der Waals surface area contributed by atoms with Gasteiger partial charge in [0.05, 0.1) is 18.9 Å². The lowest BCUT2D eigenvalue weighted by atomic mass is 10.0. The minimum atomic E-state index is 0.0186. The van der Waals surface area contributed by atoms with Gasteiger partial charge in [0.1, 0.15) is 0 Å². The second kappa shape index (κ2) is 9.16. The van der Waals surface area contributed by atoms with Crippen molar-refractivity contribution < 1.29 is 9.53 Å². The fraction of sp³-hybridized carbons (Fsp3) is 0.478. The Bertz CT molecular complexity index is 994. The first-order valence-electron chi connectivity index (χ1n) is 11.1. The molecule has 0 unspecified atom stereocenters. The molecular formula is C23H29N5O2S. The zero-order valence-electron chi connectivity index (χ0n) is 17.8. The van der Waals surface area contributed by atoms with Gasteiger partial charge in [-0.2, -0.15) is 5.10 Å². The SMILES string of the molecule is NCCN1CCCC(=Cn2nc(C(=O)N3CCOCC3)c3c2-c2ccccc2SC3)C1. The van der Waals surface area contributed by atoms with Gasteiger partial charge >= 0.3 is 0 Å². The first kappa shape index (κ1) is 20.8. The predicted molar refractivity (Wildman–Crippen MR) is 123 cm³/mol. The Morgan fingerprint density at radius 1 is 1.23 bits per heavy atom. The molecule has 0 spiro atoms. The van der Waals surface area contributed by atoms with Crippen molar-refractivity contribution in [3.8, 4) is 11.3 Å². The molecule has 1 aromatic carbocycles. The molecule has 0 atom stereocenters. The zero-order valence-corrected chi connectivity index (χ0v) is 18.6. The molecule has 4 heterocycles. The third-order valence-corrected chi connectivity index (χ3v) is 7.27. The fourth-order valence-electron chi connectivity index (χ4n) is 4.64. The molecule has 1 aromatic heterocycles. The molecule has 7 nitrogen and oxygen atoms in total. The van der Waals surface area contributed by atoms with Crippen LogP contribution in [0.25, 0.3) is 17.5 Å². The molecule has 2 N–H and O–H groups in total. The topological polar surface area (TPSA) is 76.6 Å². The van der Waals surface area contributed by atoms with Crippen molar-refractivity contribution in [3.63, 3.8) is 0 Å². The minimum absolute atomic E-state index is 0.0186. The number of nitrogens with zero attached hydrogens (tertiary/aromatic N) is 4. The molecule has 2 saturated heterocycles. The van der Waals surface area contributed by atoms with E-state index in [0.717, 1.165) is 55.0 Å². The number of amides is 1. The van der Waals surface area contributed by atoms with E-state index in [1.165, 1.54) is 10.5 Å². The Morgan fingerprint density at radius 2 is 2.06 bits per heavy atom. The van der Waals surface area contributed by atoms with Crippen molar-refractivity contribution in [2.24, 2.45) is 5.73 Å². The molecule has 0 aliphatic carbocycles. The van der Waals surface area contributed by atoms with Crippen LogP contribution in [0.5, 0.6) is 0 Å². The zero-order chi connectivity index (χ0) is 21.2. The summed E-state index contributed by atoms with van der Waals surface area (Å²) >= 11 is 1.78. The van der Waals surface area contributed by atoms with Crippen LogP contribution in [0.2, 0.25) is 0 Å². The number of hydrogen-bond acceptors (Lipinski definition) is 6. The van der Waals surface area contributed by atoms with Crippen molar-refractivity contribution in [2.45, 2.75) is 23.5 Å². The maximum atomic E-state index is 13.4. The van der Waals surface area contributed by atoms with Crippen LogP contribution in [0, 0.1) is 0 Å². The number of benzene rings is 1. The summed E-state index contributed by atoms with van der Waals surface area (Å²) in [5, 5.41) is 4.88. The van der Waals surface area contributed by atoms with Crippen LogP contribution in [0.1, 0.15) is 28.9 Å². The molecular weight excluding hydrogens is 410 g/mol. The number of piperidine rings is 1. The van der Waals surface area contributed by atoms with Crippen LogP contribution in [-0.4, -0.2) is 78.0 Å². The Morgan fingerprint density at radius 3 is 2.90 bits per heavy atom. The molecule has 1 amide bonds. The molecule has 5 rings (SSSR count). The van der Waals surface area contributed by atoms with E-state index in [2.05, 4.69) is 35.4 Å². The number of fused-ring (bicyclic) bond motifs is 3. The van der Waals surface area contributed by atoms with E-state index in [4.69, 9.17) is 15.6 Å². The molecule has 3 aliphatic rings. The van der Waals surface area contributed by atoms with E-state index in [1.54, 1.807) is 11.8 Å². The fourth-order valence-corrected chi connectivity index (χ4v) is 5.71. The second-order valence-electron chi connectivity index (χ2n) is 8.27. The van der Waals surface area contributed by atoms with Gasteiger partial charge in [-0.1, -0.05) is 18.2 Å². The summed E-state index contributed by atoms with van der Waals surface area (Å²) in [5.41, 5.74) is 11.0. The number of likely N-dealkylation sites (tertiary alicyclic amines) is 1. The van der Waals surface area contributed by atoms with E-state index >= 15 is 0 Å². The lowest BCUT2D eigenvalue weighted by Gasteiger charge is -2.28. The Kier molecular flexibility index (Phi) is 6.13. The van der Waals surface area contributed by atoms with E-state index in [0.29, 0.717) is 38.5 Å². The number of carbonyl (C=O) groups excluding carboxylic acids is 1. The van der Waals surface area contributed by atoms with Gasteiger partial charge in [-0.15, -0.1) is 11.8 Å².